The number of hydrogen-bond donors (Lipinski definition) is 0. The van der Waals surface area contributed by atoms with Gasteiger partial charge in [-0.3, -0.25) is 19.8 Å². The normalized spacial score (nSPS) is 17.5. The van der Waals surface area contributed by atoms with Crippen LogP contribution in [0.4, 0.5) is 0 Å². The van der Waals surface area contributed by atoms with Crippen molar-refractivity contribution >= 4 is 0 Å². The second-order valence-corrected chi connectivity index (χ2v) is 5.55. The van der Waals surface area contributed by atoms with E-state index in [1.54, 1.807) is 0 Å². The second-order valence-electron chi connectivity index (χ2n) is 5.55. The lowest BCUT2D eigenvalue weighted by atomic mass is 10.3. The van der Waals surface area contributed by atoms with Crippen molar-refractivity contribution in [1.29, 1.82) is 0 Å². The molecule has 0 unspecified atom stereocenters. The highest BCUT2D eigenvalue weighted by Gasteiger charge is 2.15. The summed E-state index contributed by atoms with van der Waals surface area (Å²) in [6.45, 7) is 6.41. The van der Waals surface area contributed by atoms with E-state index < -0.39 is 0 Å². The van der Waals surface area contributed by atoms with Gasteiger partial charge in [-0.05, 0) is 43.8 Å². The molecule has 21 heavy (non-hydrogen) atoms. The summed E-state index contributed by atoms with van der Waals surface area (Å²) in [6.07, 6.45) is 4.96. The monoisotopic (exact) mass is 282 g/mol. The summed E-state index contributed by atoms with van der Waals surface area (Å²) >= 11 is 0. The third-order valence-electron chi connectivity index (χ3n) is 3.90. The van der Waals surface area contributed by atoms with Gasteiger partial charge in [0.15, 0.2) is 0 Å². The van der Waals surface area contributed by atoms with Crippen molar-refractivity contribution in [3.05, 3.63) is 60.2 Å². The van der Waals surface area contributed by atoms with Crippen LogP contribution in [-0.4, -0.2) is 45.9 Å². The Balaban J connectivity index is 1.52. The van der Waals surface area contributed by atoms with E-state index in [9.17, 15) is 0 Å². The Morgan fingerprint density at radius 3 is 1.67 bits per heavy atom. The second kappa shape index (κ2) is 7.29. The fourth-order valence-corrected chi connectivity index (χ4v) is 2.78. The van der Waals surface area contributed by atoms with Crippen LogP contribution in [0.15, 0.2) is 48.8 Å². The topological polar surface area (TPSA) is 32.3 Å². The van der Waals surface area contributed by atoms with Crippen molar-refractivity contribution in [3.8, 4) is 0 Å². The number of nitrogens with zero attached hydrogens (tertiary/aromatic N) is 4. The first-order valence-corrected chi connectivity index (χ1v) is 7.65. The summed E-state index contributed by atoms with van der Waals surface area (Å²) in [6, 6.07) is 12.3. The van der Waals surface area contributed by atoms with Crippen LogP contribution in [-0.2, 0) is 13.1 Å². The molecule has 3 heterocycles. The van der Waals surface area contributed by atoms with Crippen LogP contribution >= 0.6 is 0 Å². The lowest BCUT2D eigenvalue weighted by molar-refractivity contribution is 0.244. The molecular formula is C17H22N4. The molecule has 0 spiro atoms. The molecule has 110 valence electrons. The molecule has 0 N–H and O–H groups in total. The van der Waals surface area contributed by atoms with Crippen molar-refractivity contribution in [2.75, 3.05) is 26.2 Å². The largest absolute Gasteiger partial charge is 0.296 e. The van der Waals surface area contributed by atoms with Crippen molar-refractivity contribution in [2.24, 2.45) is 0 Å². The number of pyridine rings is 2. The quantitative estimate of drug-likeness (QED) is 0.860. The van der Waals surface area contributed by atoms with Crippen molar-refractivity contribution in [2.45, 2.75) is 19.5 Å². The zero-order valence-corrected chi connectivity index (χ0v) is 12.4. The van der Waals surface area contributed by atoms with Gasteiger partial charge < -0.3 is 0 Å². The first-order valence-electron chi connectivity index (χ1n) is 7.65. The average Bonchev–Trinajstić information content (AvgIpc) is 2.75. The maximum absolute atomic E-state index is 4.42. The molecule has 0 amide bonds. The molecule has 0 saturated carbocycles. The van der Waals surface area contributed by atoms with E-state index >= 15 is 0 Å². The Morgan fingerprint density at radius 1 is 0.714 bits per heavy atom. The zero-order chi connectivity index (χ0) is 14.3. The highest BCUT2D eigenvalue weighted by atomic mass is 15.2. The minimum Gasteiger partial charge on any atom is -0.296 e. The van der Waals surface area contributed by atoms with Crippen LogP contribution in [0.3, 0.4) is 0 Å². The van der Waals surface area contributed by atoms with E-state index in [1.807, 2.05) is 24.5 Å². The van der Waals surface area contributed by atoms with E-state index in [-0.39, 0.29) is 0 Å². The molecule has 1 fully saturated rings. The molecular weight excluding hydrogens is 260 g/mol. The molecule has 1 saturated heterocycles. The van der Waals surface area contributed by atoms with E-state index in [4.69, 9.17) is 0 Å². The lowest BCUT2D eigenvalue weighted by Gasteiger charge is -2.21. The maximum Gasteiger partial charge on any atom is 0.0543 e. The Kier molecular flexibility index (Phi) is 4.92. The Bertz CT molecular complexity index is 480. The van der Waals surface area contributed by atoms with Crippen LogP contribution < -0.4 is 0 Å². The van der Waals surface area contributed by atoms with E-state index in [2.05, 4.69) is 44.0 Å². The third-order valence-corrected chi connectivity index (χ3v) is 3.90. The fourth-order valence-electron chi connectivity index (χ4n) is 2.78. The first-order chi connectivity index (χ1) is 10.4. The van der Waals surface area contributed by atoms with Gasteiger partial charge in [0.2, 0.25) is 0 Å². The summed E-state index contributed by atoms with van der Waals surface area (Å²) in [7, 11) is 0. The molecule has 4 nitrogen and oxygen atoms in total. The van der Waals surface area contributed by atoms with Crippen LogP contribution in [0.5, 0.6) is 0 Å². The van der Waals surface area contributed by atoms with Crippen molar-refractivity contribution in [3.63, 3.8) is 0 Å². The number of aromatic nitrogens is 2. The van der Waals surface area contributed by atoms with Crippen molar-refractivity contribution in [1.82, 2.24) is 19.8 Å². The SMILES string of the molecule is c1ccc(CN2CCCN(Cc3ccccn3)CC2)nc1. The minimum absolute atomic E-state index is 0.957. The van der Waals surface area contributed by atoms with Gasteiger partial charge in [0.05, 0.1) is 11.4 Å². The average molecular weight is 282 g/mol. The van der Waals surface area contributed by atoms with Gasteiger partial charge >= 0.3 is 0 Å². The van der Waals surface area contributed by atoms with E-state index in [0.29, 0.717) is 0 Å². The molecule has 2 aromatic heterocycles. The highest BCUT2D eigenvalue weighted by molar-refractivity contribution is 5.04. The van der Waals surface area contributed by atoms with E-state index in [0.717, 1.165) is 50.7 Å². The Morgan fingerprint density at radius 2 is 1.24 bits per heavy atom. The van der Waals surface area contributed by atoms with Gasteiger partial charge in [0, 0.05) is 38.6 Å². The third kappa shape index (κ3) is 4.34. The maximum atomic E-state index is 4.42. The molecule has 1 aliphatic heterocycles. The smallest absolute Gasteiger partial charge is 0.0543 e. The molecule has 0 bridgehead atoms. The van der Waals surface area contributed by atoms with Gasteiger partial charge in [-0.15, -0.1) is 0 Å². The molecule has 1 aliphatic rings. The number of hydrogen-bond acceptors (Lipinski definition) is 4. The summed E-state index contributed by atoms with van der Waals surface area (Å²) < 4.78 is 0. The van der Waals surface area contributed by atoms with Crippen LogP contribution in [0, 0.1) is 0 Å². The molecule has 3 rings (SSSR count). The summed E-state index contributed by atoms with van der Waals surface area (Å²) in [5.74, 6) is 0. The van der Waals surface area contributed by atoms with Gasteiger partial charge in [-0.25, -0.2) is 0 Å². The molecule has 0 radical (unpaired) electrons. The lowest BCUT2D eigenvalue weighted by Crippen LogP contribution is -2.30. The van der Waals surface area contributed by atoms with Crippen molar-refractivity contribution < 1.29 is 0 Å². The van der Waals surface area contributed by atoms with Gasteiger partial charge in [-0.2, -0.15) is 0 Å². The zero-order valence-electron chi connectivity index (χ0n) is 12.4. The molecule has 2 aromatic rings. The van der Waals surface area contributed by atoms with Gasteiger partial charge in [0.25, 0.3) is 0 Å². The van der Waals surface area contributed by atoms with Gasteiger partial charge in [0.1, 0.15) is 0 Å². The first kappa shape index (κ1) is 14.2. The summed E-state index contributed by atoms with van der Waals surface area (Å²) in [5.41, 5.74) is 2.33. The molecule has 0 atom stereocenters. The fraction of sp³-hybridized carbons (Fsp3) is 0.412. The standard InChI is InChI=1S/C17H22N4/c1-3-8-18-16(6-1)14-20-10-5-11-21(13-12-20)15-17-7-2-4-9-19-17/h1-4,6-9H,5,10-15H2. The Hall–Kier alpha value is -1.78. The summed E-state index contributed by atoms with van der Waals surface area (Å²) in [5, 5.41) is 0. The summed E-state index contributed by atoms with van der Waals surface area (Å²) in [4.78, 5) is 13.9. The predicted molar refractivity (Wildman–Crippen MR) is 83.6 cm³/mol. The highest BCUT2D eigenvalue weighted by Crippen LogP contribution is 2.09. The Labute approximate surface area is 126 Å². The van der Waals surface area contributed by atoms with E-state index in [1.165, 1.54) is 6.42 Å². The molecule has 0 aliphatic carbocycles. The predicted octanol–water partition coefficient (Wildman–Crippen LogP) is 2.18. The van der Waals surface area contributed by atoms with Crippen LogP contribution in [0.1, 0.15) is 17.8 Å². The number of rotatable bonds is 4. The van der Waals surface area contributed by atoms with Crippen LogP contribution in [0.2, 0.25) is 0 Å². The molecule has 0 aromatic carbocycles. The van der Waals surface area contributed by atoms with Gasteiger partial charge in [-0.1, -0.05) is 12.1 Å². The molecule has 4 heteroatoms. The van der Waals surface area contributed by atoms with Crippen LogP contribution in [0.25, 0.3) is 0 Å². The minimum atomic E-state index is 0.957.